The monoisotopic (exact) mass is 366 g/mol. The highest BCUT2D eigenvalue weighted by molar-refractivity contribution is 8.18. The molecule has 1 aliphatic rings. The number of carbonyl (C=O) groups excluding carboxylic acids is 1. The van der Waals surface area contributed by atoms with Crippen LogP contribution in [0.4, 0.5) is 5.69 Å². The quantitative estimate of drug-likeness (QED) is 0.730. The van der Waals surface area contributed by atoms with E-state index in [2.05, 4.69) is 13.0 Å². The van der Waals surface area contributed by atoms with E-state index in [0.29, 0.717) is 10.1 Å². The highest BCUT2D eigenvalue weighted by atomic mass is 32.2. The zero-order valence-corrected chi connectivity index (χ0v) is 16.3. The van der Waals surface area contributed by atoms with Crippen molar-refractivity contribution in [1.82, 2.24) is 4.90 Å². The number of ether oxygens (including phenoxy) is 1. The van der Waals surface area contributed by atoms with Gasteiger partial charge in [0.2, 0.25) is 0 Å². The SMILES string of the molecule is CCc1ccccc1N=C1S/C(=C/c2ccc(OC)cc2C)C(=O)N1C. The van der Waals surface area contributed by atoms with Gasteiger partial charge in [-0.3, -0.25) is 9.69 Å². The summed E-state index contributed by atoms with van der Waals surface area (Å²) < 4.78 is 5.24. The normalized spacial score (nSPS) is 17.4. The average Bonchev–Trinajstić information content (AvgIpc) is 2.91. The van der Waals surface area contributed by atoms with Crippen LogP contribution in [-0.4, -0.2) is 30.1 Å². The molecule has 0 atom stereocenters. The number of para-hydroxylation sites is 1. The molecule has 0 N–H and O–H groups in total. The van der Waals surface area contributed by atoms with Gasteiger partial charge in [-0.05, 0) is 66.1 Å². The number of methoxy groups -OCH3 is 1. The van der Waals surface area contributed by atoms with Crippen LogP contribution in [0, 0.1) is 6.92 Å². The van der Waals surface area contributed by atoms with Crippen molar-refractivity contribution < 1.29 is 9.53 Å². The number of amidine groups is 1. The third-order valence-corrected chi connectivity index (χ3v) is 5.42. The summed E-state index contributed by atoms with van der Waals surface area (Å²) in [5.41, 5.74) is 4.16. The standard InChI is InChI=1S/C21H22N2O2S/c1-5-15-8-6-7-9-18(15)22-21-23(3)20(24)19(26-21)13-16-10-11-17(25-4)12-14(16)2/h6-13H,5H2,1-4H3/b19-13+,22-21?. The molecule has 5 heteroatoms. The molecule has 2 aromatic carbocycles. The maximum absolute atomic E-state index is 12.6. The number of rotatable bonds is 4. The van der Waals surface area contributed by atoms with Crippen molar-refractivity contribution in [2.75, 3.05) is 14.2 Å². The molecular weight excluding hydrogens is 344 g/mol. The lowest BCUT2D eigenvalue weighted by Crippen LogP contribution is -2.23. The molecule has 0 aliphatic carbocycles. The Kier molecular flexibility index (Phi) is 5.47. The van der Waals surface area contributed by atoms with Crippen LogP contribution in [0.15, 0.2) is 52.4 Å². The van der Waals surface area contributed by atoms with E-state index in [0.717, 1.165) is 29.0 Å². The average molecular weight is 366 g/mol. The van der Waals surface area contributed by atoms with E-state index in [1.807, 2.05) is 49.4 Å². The molecular formula is C21H22N2O2S. The second kappa shape index (κ2) is 7.79. The smallest absolute Gasteiger partial charge is 0.266 e. The Balaban J connectivity index is 1.93. The van der Waals surface area contributed by atoms with E-state index in [4.69, 9.17) is 9.73 Å². The number of benzene rings is 2. The molecule has 0 bridgehead atoms. The van der Waals surface area contributed by atoms with Crippen molar-refractivity contribution in [2.24, 2.45) is 4.99 Å². The first-order chi connectivity index (χ1) is 12.5. The van der Waals surface area contributed by atoms with Crippen LogP contribution in [0.25, 0.3) is 6.08 Å². The van der Waals surface area contributed by atoms with Crippen molar-refractivity contribution in [2.45, 2.75) is 20.3 Å². The molecule has 2 aromatic rings. The van der Waals surface area contributed by atoms with E-state index < -0.39 is 0 Å². The first-order valence-corrected chi connectivity index (χ1v) is 9.34. The number of likely N-dealkylation sites (N-methyl/N-ethyl adjacent to an activating group) is 1. The third kappa shape index (κ3) is 3.68. The number of aryl methyl sites for hydroxylation is 2. The summed E-state index contributed by atoms with van der Waals surface area (Å²) in [7, 11) is 3.42. The van der Waals surface area contributed by atoms with E-state index in [-0.39, 0.29) is 5.91 Å². The number of hydrogen-bond acceptors (Lipinski definition) is 4. The third-order valence-electron chi connectivity index (χ3n) is 4.36. The molecule has 0 saturated carbocycles. The fourth-order valence-electron chi connectivity index (χ4n) is 2.75. The molecule has 0 aromatic heterocycles. The van der Waals surface area contributed by atoms with Crippen LogP contribution in [0.1, 0.15) is 23.6 Å². The van der Waals surface area contributed by atoms with Gasteiger partial charge in [0.25, 0.3) is 5.91 Å². The number of aliphatic imine (C=N–C) groups is 1. The largest absolute Gasteiger partial charge is 0.497 e. The summed E-state index contributed by atoms with van der Waals surface area (Å²) in [6.45, 7) is 4.11. The molecule has 3 rings (SSSR count). The Labute approximate surface area is 158 Å². The molecule has 1 fully saturated rings. The van der Waals surface area contributed by atoms with Crippen LogP contribution >= 0.6 is 11.8 Å². The maximum Gasteiger partial charge on any atom is 0.266 e. The van der Waals surface area contributed by atoms with Gasteiger partial charge in [-0.15, -0.1) is 0 Å². The molecule has 134 valence electrons. The fraction of sp³-hybridized carbons (Fsp3) is 0.238. The van der Waals surface area contributed by atoms with Crippen LogP contribution in [0.2, 0.25) is 0 Å². The van der Waals surface area contributed by atoms with Gasteiger partial charge in [-0.1, -0.05) is 31.2 Å². The van der Waals surface area contributed by atoms with E-state index >= 15 is 0 Å². The van der Waals surface area contributed by atoms with Crippen LogP contribution in [-0.2, 0) is 11.2 Å². The van der Waals surface area contributed by atoms with Gasteiger partial charge in [-0.2, -0.15) is 0 Å². The molecule has 1 heterocycles. The van der Waals surface area contributed by atoms with Gasteiger partial charge < -0.3 is 4.74 Å². The minimum atomic E-state index is -0.0297. The molecule has 1 saturated heterocycles. The van der Waals surface area contributed by atoms with Crippen molar-refractivity contribution in [3.8, 4) is 5.75 Å². The second-order valence-electron chi connectivity index (χ2n) is 6.07. The molecule has 1 aliphatic heterocycles. The van der Waals surface area contributed by atoms with Crippen LogP contribution in [0.5, 0.6) is 5.75 Å². The van der Waals surface area contributed by atoms with Gasteiger partial charge in [-0.25, -0.2) is 4.99 Å². The predicted octanol–water partition coefficient (Wildman–Crippen LogP) is 4.80. The molecule has 0 spiro atoms. The summed E-state index contributed by atoms with van der Waals surface area (Å²) in [4.78, 5) is 19.6. The molecule has 26 heavy (non-hydrogen) atoms. The summed E-state index contributed by atoms with van der Waals surface area (Å²) in [6.07, 6.45) is 2.83. The Hall–Kier alpha value is -2.53. The second-order valence-corrected chi connectivity index (χ2v) is 7.08. The van der Waals surface area contributed by atoms with Crippen molar-refractivity contribution in [3.05, 3.63) is 64.1 Å². The Morgan fingerprint density at radius 3 is 2.69 bits per heavy atom. The molecule has 0 unspecified atom stereocenters. The maximum atomic E-state index is 12.6. The number of hydrogen-bond donors (Lipinski definition) is 0. The van der Waals surface area contributed by atoms with E-state index in [9.17, 15) is 4.79 Å². The highest BCUT2D eigenvalue weighted by Gasteiger charge is 2.30. The van der Waals surface area contributed by atoms with Crippen molar-refractivity contribution >= 4 is 34.6 Å². The van der Waals surface area contributed by atoms with Crippen LogP contribution < -0.4 is 4.74 Å². The van der Waals surface area contributed by atoms with Gasteiger partial charge in [0, 0.05) is 7.05 Å². The zero-order valence-electron chi connectivity index (χ0n) is 15.4. The topological polar surface area (TPSA) is 41.9 Å². The zero-order chi connectivity index (χ0) is 18.7. The fourth-order valence-corrected chi connectivity index (χ4v) is 3.72. The number of nitrogens with zero attached hydrogens (tertiary/aromatic N) is 2. The predicted molar refractivity (Wildman–Crippen MR) is 109 cm³/mol. The number of carbonyl (C=O) groups is 1. The lowest BCUT2D eigenvalue weighted by molar-refractivity contribution is -0.121. The van der Waals surface area contributed by atoms with Crippen molar-refractivity contribution in [1.29, 1.82) is 0 Å². The van der Waals surface area contributed by atoms with Gasteiger partial charge >= 0.3 is 0 Å². The van der Waals surface area contributed by atoms with Gasteiger partial charge in [0.15, 0.2) is 5.17 Å². The minimum Gasteiger partial charge on any atom is -0.497 e. The van der Waals surface area contributed by atoms with E-state index in [1.165, 1.54) is 17.3 Å². The molecule has 4 nitrogen and oxygen atoms in total. The Bertz CT molecular complexity index is 903. The summed E-state index contributed by atoms with van der Waals surface area (Å²) in [5.74, 6) is 0.781. The number of amides is 1. The number of thioether (sulfide) groups is 1. The van der Waals surface area contributed by atoms with Crippen molar-refractivity contribution in [3.63, 3.8) is 0 Å². The lowest BCUT2D eigenvalue weighted by atomic mass is 10.1. The van der Waals surface area contributed by atoms with Crippen LogP contribution in [0.3, 0.4) is 0 Å². The Morgan fingerprint density at radius 2 is 2.00 bits per heavy atom. The summed E-state index contributed by atoms with van der Waals surface area (Å²) in [5, 5.41) is 0.702. The van der Waals surface area contributed by atoms with E-state index in [1.54, 1.807) is 19.1 Å². The first kappa shape index (κ1) is 18.3. The van der Waals surface area contributed by atoms with Gasteiger partial charge in [0.1, 0.15) is 5.75 Å². The van der Waals surface area contributed by atoms with Gasteiger partial charge in [0.05, 0.1) is 17.7 Å². The summed E-state index contributed by atoms with van der Waals surface area (Å²) >= 11 is 1.41. The highest BCUT2D eigenvalue weighted by Crippen LogP contribution is 2.34. The first-order valence-electron chi connectivity index (χ1n) is 8.52. The minimum absolute atomic E-state index is 0.0297. The Morgan fingerprint density at radius 1 is 1.23 bits per heavy atom. The lowest BCUT2D eigenvalue weighted by Gasteiger charge is -2.09. The molecule has 0 radical (unpaired) electrons. The summed E-state index contributed by atoms with van der Waals surface area (Å²) in [6, 6.07) is 13.9. The molecule has 1 amide bonds.